The van der Waals surface area contributed by atoms with Gasteiger partial charge in [0.2, 0.25) is 5.82 Å². The molecular formula is C27H22ClN3O5. The molecule has 0 aliphatic heterocycles. The van der Waals surface area contributed by atoms with Crippen LogP contribution in [0.25, 0.3) is 33.5 Å². The molecule has 0 atom stereocenters. The SMILES string of the molecule is CCOc1c(Cl)cc(C=Nn2c(-c3cc4c(OC)cccc4o3)nc3ccccc3c2=O)cc1OC. The maximum absolute atomic E-state index is 13.5. The summed E-state index contributed by atoms with van der Waals surface area (Å²) >= 11 is 6.41. The van der Waals surface area contributed by atoms with Gasteiger partial charge in [-0.1, -0.05) is 29.8 Å². The Balaban J connectivity index is 1.69. The van der Waals surface area contributed by atoms with E-state index in [1.807, 2.05) is 31.2 Å². The Morgan fingerprint density at radius 3 is 2.61 bits per heavy atom. The summed E-state index contributed by atoms with van der Waals surface area (Å²) in [5.41, 5.74) is 1.40. The number of para-hydroxylation sites is 1. The standard InChI is InChI=1S/C27H22ClN3O5/c1-4-35-25-19(28)12-16(13-23(25)34-3)15-29-31-26(30-20-9-6-5-8-17(20)27(31)32)24-14-18-21(33-2)10-7-11-22(18)36-24/h5-15H,4H2,1-3H3. The van der Waals surface area contributed by atoms with Crippen LogP contribution in [0.15, 0.2) is 75.0 Å². The lowest BCUT2D eigenvalue weighted by Gasteiger charge is -2.12. The van der Waals surface area contributed by atoms with Crippen molar-refractivity contribution in [3.05, 3.63) is 81.6 Å². The van der Waals surface area contributed by atoms with E-state index in [9.17, 15) is 4.79 Å². The van der Waals surface area contributed by atoms with Gasteiger partial charge in [0.15, 0.2) is 17.3 Å². The minimum Gasteiger partial charge on any atom is -0.496 e. The molecule has 0 spiro atoms. The monoisotopic (exact) mass is 503 g/mol. The Morgan fingerprint density at radius 2 is 1.83 bits per heavy atom. The van der Waals surface area contributed by atoms with Crippen LogP contribution in [0.1, 0.15) is 12.5 Å². The van der Waals surface area contributed by atoms with Gasteiger partial charge in [0.05, 0.1) is 48.4 Å². The summed E-state index contributed by atoms with van der Waals surface area (Å²) in [5, 5.41) is 6.03. The highest BCUT2D eigenvalue weighted by Crippen LogP contribution is 2.36. The van der Waals surface area contributed by atoms with Gasteiger partial charge in [-0.15, -0.1) is 0 Å². The highest BCUT2D eigenvalue weighted by Gasteiger charge is 2.18. The zero-order valence-electron chi connectivity index (χ0n) is 19.8. The maximum Gasteiger partial charge on any atom is 0.282 e. The first-order valence-electron chi connectivity index (χ1n) is 11.2. The zero-order chi connectivity index (χ0) is 25.2. The number of aromatic nitrogens is 2. The number of methoxy groups -OCH3 is 2. The van der Waals surface area contributed by atoms with Crippen LogP contribution in [-0.2, 0) is 0 Å². The molecule has 3 aromatic carbocycles. The van der Waals surface area contributed by atoms with Crippen molar-refractivity contribution in [2.75, 3.05) is 20.8 Å². The van der Waals surface area contributed by atoms with Crippen molar-refractivity contribution >= 4 is 39.7 Å². The van der Waals surface area contributed by atoms with Gasteiger partial charge in [-0.25, -0.2) is 4.98 Å². The van der Waals surface area contributed by atoms with Gasteiger partial charge < -0.3 is 18.6 Å². The summed E-state index contributed by atoms with van der Waals surface area (Å²) in [4.78, 5) is 18.2. The topological polar surface area (TPSA) is 88.1 Å². The van der Waals surface area contributed by atoms with Crippen molar-refractivity contribution in [3.63, 3.8) is 0 Å². The van der Waals surface area contributed by atoms with E-state index < -0.39 is 0 Å². The first-order valence-corrected chi connectivity index (χ1v) is 11.5. The molecule has 2 aromatic heterocycles. The van der Waals surface area contributed by atoms with Crippen molar-refractivity contribution in [2.45, 2.75) is 6.92 Å². The van der Waals surface area contributed by atoms with E-state index in [-0.39, 0.29) is 11.4 Å². The predicted octanol–water partition coefficient (Wildman–Crippen LogP) is 5.76. The molecule has 8 nitrogen and oxygen atoms in total. The molecule has 0 unspecified atom stereocenters. The molecule has 0 saturated carbocycles. The first kappa shape index (κ1) is 23.4. The minimum atomic E-state index is -0.344. The Labute approximate surface area is 211 Å². The molecule has 0 bridgehead atoms. The molecule has 5 rings (SSSR count). The summed E-state index contributed by atoms with van der Waals surface area (Å²) in [6, 6.07) is 17.8. The van der Waals surface area contributed by atoms with Crippen molar-refractivity contribution in [3.8, 4) is 28.8 Å². The molecule has 0 aliphatic rings. The number of furan rings is 1. The largest absolute Gasteiger partial charge is 0.496 e. The molecule has 36 heavy (non-hydrogen) atoms. The third kappa shape index (κ3) is 4.16. The van der Waals surface area contributed by atoms with E-state index in [2.05, 4.69) is 5.10 Å². The number of hydrogen-bond acceptors (Lipinski definition) is 7. The van der Waals surface area contributed by atoms with Crippen molar-refractivity contribution in [1.82, 2.24) is 9.66 Å². The number of hydrogen-bond donors (Lipinski definition) is 0. The van der Waals surface area contributed by atoms with Crippen LogP contribution in [0, 0.1) is 0 Å². The van der Waals surface area contributed by atoms with E-state index in [0.29, 0.717) is 56.7 Å². The van der Waals surface area contributed by atoms with Crippen LogP contribution >= 0.6 is 11.6 Å². The lowest BCUT2D eigenvalue weighted by molar-refractivity contribution is 0.311. The van der Waals surface area contributed by atoms with Crippen molar-refractivity contribution in [2.24, 2.45) is 5.10 Å². The number of fused-ring (bicyclic) bond motifs is 2. The minimum absolute atomic E-state index is 0.247. The lowest BCUT2D eigenvalue weighted by Crippen LogP contribution is -2.20. The smallest absolute Gasteiger partial charge is 0.282 e. The van der Waals surface area contributed by atoms with Gasteiger partial charge in [0.1, 0.15) is 11.3 Å². The predicted molar refractivity (Wildman–Crippen MR) is 140 cm³/mol. The summed E-state index contributed by atoms with van der Waals surface area (Å²) in [6.07, 6.45) is 1.51. The summed E-state index contributed by atoms with van der Waals surface area (Å²) in [5.74, 6) is 2.17. The molecule has 0 amide bonds. The summed E-state index contributed by atoms with van der Waals surface area (Å²) in [7, 11) is 3.12. The fourth-order valence-corrected chi connectivity index (χ4v) is 4.21. The van der Waals surface area contributed by atoms with E-state index >= 15 is 0 Å². The summed E-state index contributed by atoms with van der Waals surface area (Å²) in [6.45, 7) is 2.30. The summed E-state index contributed by atoms with van der Waals surface area (Å²) < 4.78 is 23.7. The van der Waals surface area contributed by atoms with Gasteiger partial charge >= 0.3 is 0 Å². The Morgan fingerprint density at radius 1 is 1.03 bits per heavy atom. The van der Waals surface area contributed by atoms with Gasteiger partial charge in [0.25, 0.3) is 5.56 Å². The highest BCUT2D eigenvalue weighted by atomic mass is 35.5. The fraction of sp³-hybridized carbons (Fsp3) is 0.148. The molecule has 5 aromatic rings. The van der Waals surface area contributed by atoms with Crippen LogP contribution in [0.4, 0.5) is 0 Å². The Hall–Kier alpha value is -4.30. The van der Waals surface area contributed by atoms with E-state index in [1.165, 1.54) is 18.0 Å². The third-order valence-corrected chi connectivity index (χ3v) is 5.86. The quantitative estimate of drug-likeness (QED) is 0.262. The molecule has 0 fully saturated rings. The van der Waals surface area contributed by atoms with E-state index in [4.69, 9.17) is 35.2 Å². The van der Waals surface area contributed by atoms with Crippen molar-refractivity contribution in [1.29, 1.82) is 0 Å². The number of rotatable bonds is 7. The maximum atomic E-state index is 13.5. The second kappa shape index (κ2) is 9.75. The average Bonchev–Trinajstić information content (AvgIpc) is 3.34. The van der Waals surface area contributed by atoms with Crippen molar-refractivity contribution < 1.29 is 18.6 Å². The van der Waals surface area contributed by atoms with Gasteiger partial charge in [0, 0.05) is 0 Å². The molecule has 2 heterocycles. The van der Waals surface area contributed by atoms with Gasteiger partial charge in [-0.3, -0.25) is 4.79 Å². The van der Waals surface area contributed by atoms with Gasteiger partial charge in [-0.2, -0.15) is 9.78 Å². The number of ether oxygens (including phenoxy) is 3. The fourth-order valence-electron chi connectivity index (χ4n) is 3.94. The van der Waals surface area contributed by atoms with Crippen LogP contribution in [-0.4, -0.2) is 36.7 Å². The number of nitrogens with zero attached hydrogens (tertiary/aromatic N) is 3. The van der Waals surface area contributed by atoms with Crippen LogP contribution in [0.5, 0.6) is 17.2 Å². The average molecular weight is 504 g/mol. The van der Waals surface area contributed by atoms with Crippen LogP contribution < -0.4 is 19.8 Å². The molecule has 0 aliphatic carbocycles. The molecular weight excluding hydrogens is 482 g/mol. The Kier molecular flexibility index (Phi) is 6.35. The molecule has 0 N–H and O–H groups in total. The van der Waals surface area contributed by atoms with E-state index in [0.717, 1.165) is 5.39 Å². The second-order valence-corrected chi connectivity index (χ2v) is 8.17. The second-order valence-electron chi connectivity index (χ2n) is 7.76. The van der Waals surface area contributed by atoms with Gasteiger partial charge in [-0.05, 0) is 55.0 Å². The zero-order valence-corrected chi connectivity index (χ0v) is 20.6. The number of halogens is 1. The molecule has 182 valence electrons. The van der Waals surface area contributed by atoms with Crippen LogP contribution in [0.2, 0.25) is 5.02 Å². The molecule has 9 heteroatoms. The highest BCUT2D eigenvalue weighted by molar-refractivity contribution is 6.32. The molecule has 0 radical (unpaired) electrons. The normalized spacial score (nSPS) is 11.4. The van der Waals surface area contributed by atoms with Crippen LogP contribution in [0.3, 0.4) is 0 Å². The third-order valence-electron chi connectivity index (χ3n) is 5.58. The number of benzene rings is 3. The molecule has 0 saturated heterocycles. The lowest BCUT2D eigenvalue weighted by atomic mass is 10.2. The van der Waals surface area contributed by atoms with E-state index in [1.54, 1.807) is 43.5 Å². The Bertz CT molecular complexity index is 1670. The first-order chi connectivity index (χ1) is 17.5.